The zero-order valence-electron chi connectivity index (χ0n) is 9.03. The smallest absolute Gasteiger partial charge is 0.219 e. The summed E-state index contributed by atoms with van der Waals surface area (Å²) in [6.45, 7) is -0.220. The number of halogens is 3. The molecule has 0 bridgehead atoms. The first kappa shape index (κ1) is 13.3. The molecule has 0 amide bonds. The summed E-state index contributed by atoms with van der Waals surface area (Å²) in [6.07, 6.45) is 1.37. The van der Waals surface area contributed by atoms with Gasteiger partial charge in [0.1, 0.15) is 11.6 Å². The lowest BCUT2D eigenvalue weighted by Crippen LogP contribution is -1.93. The molecule has 6 heteroatoms. The molecule has 0 radical (unpaired) electrons. The van der Waals surface area contributed by atoms with Gasteiger partial charge in [-0.05, 0) is 28.1 Å². The van der Waals surface area contributed by atoms with E-state index in [4.69, 9.17) is 21.4 Å². The van der Waals surface area contributed by atoms with Crippen molar-refractivity contribution in [2.24, 2.45) is 0 Å². The van der Waals surface area contributed by atoms with Gasteiger partial charge in [0.05, 0.1) is 16.1 Å². The minimum absolute atomic E-state index is 0.220. The van der Waals surface area contributed by atoms with Crippen LogP contribution in [0.3, 0.4) is 0 Å². The molecule has 0 spiro atoms. The summed E-state index contributed by atoms with van der Waals surface area (Å²) >= 11 is 9.05. The molecule has 2 rings (SSSR count). The Balaban J connectivity index is 2.31. The Labute approximate surface area is 116 Å². The quantitative estimate of drug-likeness (QED) is 0.926. The lowest BCUT2D eigenvalue weighted by atomic mass is 10.3. The summed E-state index contributed by atoms with van der Waals surface area (Å²) in [4.78, 5) is 3.94. The Kier molecular flexibility index (Phi) is 4.16. The third kappa shape index (κ3) is 2.98. The van der Waals surface area contributed by atoms with Gasteiger partial charge >= 0.3 is 0 Å². The summed E-state index contributed by atoms with van der Waals surface area (Å²) in [6, 6.07) is 5.58. The first-order valence-corrected chi connectivity index (χ1v) is 6.15. The van der Waals surface area contributed by atoms with Crippen LogP contribution in [0.2, 0.25) is 5.02 Å². The van der Waals surface area contributed by atoms with Gasteiger partial charge in [0.25, 0.3) is 0 Å². The Morgan fingerprint density at radius 1 is 1.39 bits per heavy atom. The fourth-order valence-corrected chi connectivity index (χ4v) is 1.79. The molecular weight excluding hydrogens is 324 g/mol. The first-order chi connectivity index (χ1) is 8.60. The summed E-state index contributed by atoms with van der Waals surface area (Å²) in [5, 5.41) is 9.42. The van der Waals surface area contributed by atoms with E-state index in [9.17, 15) is 4.39 Å². The number of nitrogens with zero attached hydrogens (tertiary/aromatic N) is 1. The van der Waals surface area contributed by atoms with Crippen molar-refractivity contribution in [2.75, 3.05) is 0 Å². The van der Waals surface area contributed by atoms with E-state index in [0.717, 1.165) is 0 Å². The van der Waals surface area contributed by atoms with Crippen molar-refractivity contribution in [1.82, 2.24) is 4.98 Å². The van der Waals surface area contributed by atoms with Crippen LogP contribution < -0.4 is 4.74 Å². The van der Waals surface area contributed by atoms with E-state index < -0.39 is 5.82 Å². The van der Waals surface area contributed by atoms with Gasteiger partial charge in [-0.15, -0.1) is 0 Å². The van der Waals surface area contributed by atoms with Crippen LogP contribution in [0.5, 0.6) is 11.6 Å². The van der Waals surface area contributed by atoms with Gasteiger partial charge in [-0.3, -0.25) is 0 Å². The van der Waals surface area contributed by atoms with Gasteiger partial charge in [0.15, 0.2) is 0 Å². The number of aliphatic hydroxyl groups is 1. The van der Waals surface area contributed by atoms with Crippen molar-refractivity contribution >= 4 is 27.5 Å². The van der Waals surface area contributed by atoms with Crippen molar-refractivity contribution in [3.8, 4) is 11.6 Å². The molecule has 18 heavy (non-hydrogen) atoms. The second-order valence-corrected chi connectivity index (χ2v) is 4.71. The molecule has 0 aliphatic heterocycles. The number of aromatic nitrogens is 1. The number of benzene rings is 1. The van der Waals surface area contributed by atoms with Crippen molar-refractivity contribution in [3.05, 3.63) is 51.3 Å². The van der Waals surface area contributed by atoms with Crippen molar-refractivity contribution in [2.45, 2.75) is 6.61 Å². The van der Waals surface area contributed by atoms with E-state index in [1.807, 2.05) is 0 Å². The number of pyridine rings is 1. The molecule has 0 unspecified atom stereocenters. The van der Waals surface area contributed by atoms with E-state index in [2.05, 4.69) is 20.9 Å². The van der Waals surface area contributed by atoms with E-state index in [-0.39, 0.29) is 12.5 Å². The molecule has 2 aromatic rings. The van der Waals surface area contributed by atoms with Gasteiger partial charge in [-0.1, -0.05) is 11.6 Å². The summed E-state index contributed by atoms with van der Waals surface area (Å²) < 4.78 is 19.1. The minimum Gasteiger partial charge on any atom is -0.438 e. The average molecular weight is 333 g/mol. The van der Waals surface area contributed by atoms with Gasteiger partial charge in [-0.2, -0.15) is 0 Å². The molecule has 94 valence electrons. The Hall–Kier alpha value is -1.17. The Bertz CT molecular complexity index is 580. The fourth-order valence-electron chi connectivity index (χ4n) is 1.30. The van der Waals surface area contributed by atoms with Crippen LogP contribution in [0.15, 0.2) is 34.9 Å². The molecular formula is C12H8BrClFNO2. The number of hydrogen-bond donors (Lipinski definition) is 1. The SMILES string of the molecule is OCc1cc(Oc2cc(F)ccc2Br)ncc1Cl. The van der Waals surface area contributed by atoms with E-state index in [1.54, 1.807) is 0 Å². The fraction of sp³-hybridized carbons (Fsp3) is 0.0833. The topological polar surface area (TPSA) is 42.4 Å². The zero-order valence-corrected chi connectivity index (χ0v) is 11.4. The first-order valence-electron chi connectivity index (χ1n) is 4.98. The predicted molar refractivity (Wildman–Crippen MR) is 69.3 cm³/mol. The largest absolute Gasteiger partial charge is 0.438 e. The number of rotatable bonds is 3. The predicted octanol–water partition coefficient (Wildman–Crippen LogP) is 3.92. The minimum atomic E-state index is -0.412. The second kappa shape index (κ2) is 5.65. The molecule has 0 aliphatic rings. The summed E-state index contributed by atoms with van der Waals surface area (Å²) in [5.74, 6) is 0.119. The molecule has 0 saturated heterocycles. The maximum atomic E-state index is 13.1. The highest BCUT2D eigenvalue weighted by molar-refractivity contribution is 9.10. The zero-order chi connectivity index (χ0) is 13.1. The third-order valence-electron chi connectivity index (χ3n) is 2.19. The van der Waals surface area contributed by atoms with Crippen molar-refractivity contribution in [3.63, 3.8) is 0 Å². The van der Waals surface area contributed by atoms with Crippen LogP contribution in [0.25, 0.3) is 0 Å². The van der Waals surface area contributed by atoms with Gasteiger partial charge in [-0.25, -0.2) is 9.37 Å². The van der Waals surface area contributed by atoms with Crippen LogP contribution in [-0.4, -0.2) is 10.1 Å². The highest BCUT2D eigenvalue weighted by Gasteiger charge is 2.08. The second-order valence-electron chi connectivity index (χ2n) is 3.45. The van der Waals surface area contributed by atoms with Crippen LogP contribution in [-0.2, 0) is 6.61 Å². The maximum Gasteiger partial charge on any atom is 0.219 e. The number of aliphatic hydroxyl groups excluding tert-OH is 1. The van der Waals surface area contributed by atoms with Crippen LogP contribution in [0.4, 0.5) is 4.39 Å². The van der Waals surface area contributed by atoms with Crippen LogP contribution in [0.1, 0.15) is 5.56 Å². The van der Waals surface area contributed by atoms with E-state index in [1.165, 1.54) is 30.5 Å². The van der Waals surface area contributed by atoms with Gasteiger partial charge in [0.2, 0.25) is 5.88 Å². The molecule has 1 heterocycles. The Morgan fingerprint density at radius 3 is 2.89 bits per heavy atom. The third-order valence-corrected chi connectivity index (χ3v) is 3.18. The molecule has 1 aromatic heterocycles. The molecule has 1 N–H and O–H groups in total. The maximum absolute atomic E-state index is 13.1. The van der Waals surface area contributed by atoms with Gasteiger partial charge < -0.3 is 9.84 Å². The number of ether oxygens (including phenoxy) is 1. The molecule has 0 saturated carbocycles. The summed E-state index contributed by atoms with van der Waals surface area (Å²) in [5.41, 5.74) is 0.495. The Morgan fingerprint density at radius 2 is 2.17 bits per heavy atom. The average Bonchev–Trinajstić information content (AvgIpc) is 2.36. The van der Waals surface area contributed by atoms with Crippen molar-refractivity contribution < 1.29 is 14.2 Å². The molecule has 0 fully saturated rings. The monoisotopic (exact) mass is 331 g/mol. The highest BCUT2D eigenvalue weighted by Crippen LogP contribution is 2.30. The summed E-state index contributed by atoms with van der Waals surface area (Å²) in [7, 11) is 0. The van der Waals surface area contributed by atoms with Gasteiger partial charge in [0, 0.05) is 23.9 Å². The lowest BCUT2D eigenvalue weighted by molar-refractivity contribution is 0.281. The standard InChI is InChI=1S/C12H8BrClFNO2/c13-9-2-1-8(15)4-11(9)18-12-3-7(6-17)10(14)5-16-12/h1-5,17H,6H2. The lowest BCUT2D eigenvalue weighted by Gasteiger charge is -2.08. The van der Waals surface area contributed by atoms with Crippen LogP contribution in [0, 0.1) is 5.82 Å². The normalized spacial score (nSPS) is 10.4. The number of hydrogen-bond acceptors (Lipinski definition) is 3. The molecule has 1 aromatic carbocycles. The molecule has 0 aliphatic carbocycles. The highest BCUT2D eigenvalue weighted by atomic mass is 79.9. The van der Waals surface area contributed by atoms with E-state index in [0.29, 0.717) is 20.8 Å². The van der Waals surface area contributed by atoms with Crippen molar-refractivity contribution in [1.29, 1.82) is 0 Å². The van der Waals surface area contributed by atoms with E-state index >= 15 is 0 Å². The molecule has 3 nitrogen and oxygen atoms in total. The molecule has 0 atom stereocenters. The van der Waals surface area contributed by atoms with Crippen LogP contribution >= 0.6 is 27.5 Å².